The maximum absolute atomic E-state index is 7.51. The number of hydrogen-bond donors (Lipinski definition) is 0. The first kappa shape index (κ1) is 34.6. The van der Waals surface area contributed by atoms with Crippen LogP contribution in [0, 0.1) is 0 Å². The molecule has 36 heavy (non-hydrogen) atoms. The molecule has 1 aliphatic heterocycles. The molecule has 4 unspecified atom stereocenters. The van der Waals surface area contributed by atoms with Crippen LogP contribution in [0.15, 0.2) is 0 Å². The summed E-state index contributed by atoms with van der Waals surface area (Å²) in [6.07, 6.45) is 3.67. The number of ether oxygens (including phenoxy) is 4. The first-order valence-corrected chi connectivity index (χ1v) is 22.3. The van der Waals surface area contributed by atoms with Crippen LogP contribution in [0.25, 0.3) is 0 Å². The molecule has 1 heterocycles. The van der Waals surface area contributed by atoms with Crippen LogP contribution >= 0.6 is 0 Å². The highest BCUT2D eigenvalue weighted by Gasteiger charge is 2.67. The van der Waals surface area contributed by atoms with E-state index in [9.17, 15) is 0 Å². The van der Waals surface area contributed by atoms with Crippen molar-refractivity contribution in [3.8, 4) is 0 Å². The van der Waals surface area contributed by atoms with Crippen LogP contribution < -0.4 is 0 Å². The lowest BCUT2D eigenvalue weighted by Gasteiger charge is -2.57. The minimum Gasteiger partial charge on any atom is -0.412 e. The fraction of sp³-hybridized carbons (Fsp3) is 1.00. The van der Waals surface area contributed by atoms with E-state index in [2.05, 4.69) is 55.4 Å². The Morgan fingerprint density at radius 3 is 0.694 bits per heavy atom. The first-order chi connectivity index (χ1) is 17.0. The van der Waals surface area contributed by atoms with Gasteiger partial charge in [0, 0.05) is 28.4 Å². The molecule has 0 saturated carbocycles. The van der Waals surface area contributed by atoms with Crippen LogP contribution in [0.3, 0.4) is 0 Å². The molecule has 1 fully saturated rings. The summed E-state index contributed by atoms with van der Waals surface area (Å²) in [6, 6.07) is 3.17. The van der Waals surface area contributed by atoms with Crippen molar-refractivity contribution in [1.29, 1.82) is 0 Å². The molecule has 0 bridgehead atoms. The molecule has 0 spiro atoms. The van der Waals surface area contributed by atoms with Gasteiger partial charge in [-0.3, -0.25) is 0 Å². The van der Waals surface area contributed by atoms with Gasteiger partial charge in [-0.1, -0.05) is 53.4 Å². The van der Waals surface area contributed by atoms with Crippen molar-refractivity contribution in [2.75, 3.05) is 28.4 Å². The Labute approximate surface area is 226 Å². The highest BCUT2D eigenvalue weighted by molar-refractivity contribution is 6.96. The summed E-state index contributed by atoms with van der Waals surface area (Å²) in [6.45, 7) is 17.1. The van der Waals surface area contributed by atoms with Gasteiger partial charge in [-0.2, -0.15) is 0 Å². The molecule has 0 aromatic carbocycles. The molecular weight excluding hydrogens is 529 g/mol. The number of hydrogen-bond acceptors (Lipinski definition) is 8. The van der Waals surface area contributed by atoms with E-state index in [-0.39, 0.29) is 22.9 Å². The number of rotatable bonds is 16. The minimum atomic E-state index is -3.03. The van der Waals surface area contributed by atoms with E-state index in [4.69, 9.17) is 35.4 Å². The quantitative estimate of drug-likeness (QED) is 0.212. The van der Waals surface area contributed by atoms with Crippen molar-refractivity contribution in [2.24, 2.45) is 0 Å². The summed E-state index contributed by atoms with van der Waals surface area (Å²) in [4.78, 5) is 0. The minimum absolute atomic E-state index is 0.203. The number of methoxy groups -OCH3 is 4. The van der Waals surface area contributed by atoms with Crippen LogP contribution in [0.5, 0.6) is 0 Å². The van der Waals surface area contributed by atoms with E-state index in [1.54, 1.807) is 28.4 Å². The Kier molecular flexibility index (Phi) is 14.8. The van der Waals surface area contributed by atoms with E-state index < -0.39 is 34.2 Å². The smallest absolute Gasteiger partial charge is 0.350 e. The summed E-state index contributed by atoms with van der Waals surface area (Å²) in [5, 5.41) is 0. The molecule has 1 rings (SSSR count). The lowest BCUT2D eigenvalue weighted by Crippen LogP contribution is -2.79. The molecule has 1 aliphatic rings. The van der Waals surface area contributed by atoms with Gasteiger partial charge < -0.3 is 35.4 Å². The molecule has 12 heteroatoms. The molecule has 0 aliphatic carbocycles. The molecule has 0 aromatic rings. The SMILES string of the molecule is CCC[Si]1(C(C)OC)O[Si](CCC)(C(C)OC)O[Si](CCC)(C(C)OC)O[Si](CCC)(C(C)OC)O1. The fourth-order valence-corrected chi connectivity index (χ4v) is 31.2. The summed E-state index contributed by atoms with van der Waals surface area (Å²) >= 11 is 0. The Morgan fingerprint density at radius 1 is 0.417 bits per heavy atom. The largest absolute Gasteiger partial charge is 0.412 e. The second kappa shape index (κ2) is 15.4. The van der Waals surface area contributed by atoms with Crippen molar-refractivity contribution >= 4 is 34.2 Å². The normalized spacial score (nSPS) is 35.0. The summed E-state index contributed by atoms with van der Waals surface area (Å²) in [7, 11) is -5.13. The molecule has 0 amide bonds. The van der Waals surface area contributed by atoms with E-state index in [1.165, 1.54) is 0 Å². The van der Waals surface area contributed by atoms with Gasteiger partial charge in [0.15, 0.2) is 0 Å². The molecular formula is C24H56O8Si4. The molecule has 0 N–H and O–H groups in total. The Morgan fingerprint density at radius 2 is 0.583 bits per heavy atom. The van der Waals surface area contributed by atoms with Gasteiger partial charge >= 0.3 is 34.2 Å². The summed E-state index contributed by atoms with van der Waals surface area (Å²) < 4.78 is 54.1. The van der Waals surface area contributed by atoms with Crippen LogP contribution in [0.1, 0.15) is 81.1 Å². The second-order valence-corrected chi connectivity index (χ2v) is 25.2. The van der Waals surface area contributed by atoms with Crippen molar-refractivity contribution in [3.63, 3.8) is 0 Å². The van der Waals surface area contributed by atoms with E-state index in [1.807, 2.05) is 0 Å². The second-order valence-electron chi connectivity index (χ2n) is 10.2. The van der Waals surface area contributed by atoms with E-state index in [0.717, 1.165) is 49.9 Å². The molecule has 0 radical (unpaired) electrons. The van der Waals surface area contributed by atoms with Crippen molar-refractivity contribution < 1.29 is 35.4 Å². The zero-order chi connectivity index (χ0) is 27.6. The third-order valence-electron chi connectivity index (χ3n) is 7.67. The van der Waals surface area contributed by atoms with E-state index >= 15 is 0 Å². The Balaban J connectivity index is 4.10. The molecule has 0 aromatic heterocycles. The van der Waals surface area contributed by atoms with Crippen LogP contribution in [-0.2, 0) is 35.4 Å². The monoisotopic (exact) mass is 584 g/mol. The van der Waals surface area contributed by atoms with Crippen molar-refractivity contribution in [2.45, 2.75) is 128 Å². The van der Waals surface area contributed by atoms with Crippen LogP contribution in [0.2, 0.25) is 24.2 Å². The van der Waals surface area contributed by atoms with Crippen molar-refractivity contribution in [1.82, 2.24) is 0 Å². The van der Waals surface area contributed by atoms with Gasteiger partial charge in [-0.25, -0.2) is 0 Å². The zero-order valence-corrected chi connectivity index (χ0v) is 29.2. The van der Waals surface area contributed by atoms with Gasteiger partial charge in [0.1, 0.15) is 0 Å². The third kappa shape index (κ3) is 7.39. The lowest BCUT2D eigenvalue weighted by atomic mass is 10.6. The molecule has 216 valence electrons. The lowest BCUT2D eigenvalue weighted by molar-refractivity contribution is 0.0576. The fourth-order valence-electron chi connectivity index (χ4n) is 5.25. The first-order valence-electron chi connectivity index (χ1n) is 13.9. The summed E-state index contributed by atoms with van der Waals surface area (Å²) in [5.74, 6) is 0. The van der Waals surface area contributed by atoms with Gasteiger partial charge in [0.25, 0.3) is 0 Å². The molecule has 4 atom stereocenters. The predicted molar refractivity (Wildman–Crippen MR) is 154 cm³/mol. The summed E-state index contributed by atoms with van der Waals surface area (Å²) in [5.41, 5.74) is -0.813. The van der Waals surface area contributed by atoms with Gasteiger partial charge in [-0.05, 0) is 51.9 Å². The Bertz CT molecular complexity index is 517. The maximum atomic E-state index is 7.51. The van der Waals surface area contributed by atoms with Crippen LogP contribution in [0.4, 0.5) is 0 Å². The zero-order valence-electron chi connectivity index (χ0n) is 25.2. The standard InChI is InChI=1S/C24H56O8Si4/c1-13-17-33(21(5)25-9)29-34(18-14-2,22(6)26-10)31-36(20-16-4,24(8)28-12)32-35(30-33,19-15-3)23(7)27-11/h21-24H,13-20H2,1-12H3. The molecule has 1 saturated heterocycles. The predicted octanol–water partition coefficient (Wildman–Crippen LogP) is 5.77. The average molecular weight is 585 g/mol. The van der Waals surface area contributed by atoms with E-state index in [0.29, 0.717) is 0 Å². The van der Waals surface area contributed by atoms with Gasteiger partial charge in [0.2, 0.25) is 0 Å². The van der Waals surface area contributed by atoms with Gasteiger partial charge in [0.05, 0.1) is 22.9 Å². The van der Waals surface area contributed by atoms with Crippen molar-refractivity contribution in [3.05, 3.63) is 0 Å². The highest BCUT2D eigenvalue weighted by atomic mass is 28.5. The maximum Gasteiger partial charge on any atom is 0.350 e. The highest BCUT2D eigenvalue weighted by Crippen LogP contribution is 2.44. The average Bonchev–Trinajstić information content (AvgIpc) is 2.85. The third-order valence-corrected chi connectivity index (χ3v) is 29.4. The van der Waals surface area contributed by atoms with Crippen LogP contribution in [-0.4, -0.2) is 85.6 Å². The Hall–Kier alpha value is 0.548. The topological polar surface area (TPSA) is 73.8 Å². The molecule has 8 nitrogen and oxygen atoms in total. The van der Waals surface area contributed by atoms with Gasteiger partial charge in [-0.15, -0.1) is 0 Å².